The van der Waals surface area contributed by atoms with Gasteiger partial charge >= 0.3 is 0 Å². The van der Waals surface area contributed by atoms with Crippen molar-refractivity contribution >= 4 is 5.95 Å². The van der Waals surface area contributed by atoms with Gasteiger partial charge in [0.15, 0.2) is 0 Å². The Morgan fingerprint density at radius 2 is 2.07 bits per heavy atom. The average Bonchev–Trinajstić information content (AvgIpc) is 3.14. The number of rotatable bonds is 5. The highest BCUT2D eigenvalue weighted by Crippen LogP contribution is 2.49. The Morgan fingerprint density at radius 1 is 1.40 bits per heavy atom. The first-order valence-electron chi connectivity index (χ1n) is 6.07. The molecule has 15 heavy (non-hydrogen) atoms. The SMILES string of the molecule is CNc1nccn1CC(C1CC1)C1CC1. The lowest BCUT2D eigenvalue weighted by molar-refractivity contribution is 0.351. The van der Waals surface area contributed by atoms with E-state index < -0.39 is 0 Å². The summed E-state index contributed by atoms with van der Waals surface area (Å²) in [6, 6.07) is 0. The Morgan fingerprint density at radius 3 is 2.60 bits per heavy atom. The maximum Gasteiger partial charge on any atom is 0.202 e. The molecule has 0 aromatic carbocycles. The normalized spacial score (nSPS) is 20.9. The molecular weight excluding hydrogens is 186 g/mol. The summed E-state index contributed by atoms with van der Waals surface area (Å²) in [6.07, 6.45) is 9.84. The predicted molar refractivity (Wildman–Crippen MR) is 60.7 cm³/mol. The van der Waals surface area contributed by atoms with Crippen LogP contribution in [0, 0.1) is 17.8 Å². The van der Waals surface area contributed by atoms with Gasteiger partial charge < -0.3 is 9.88 Å². The summed E-state index contributed by atoms with van der Waals surface area (Å²) in [6.45, 7) is 1.17. The second kappa shape index (κ2) is 3.54. The van der Waals surface area contributed by atoms with E-state index in [1.165, 1.54) is 32.2 Å². The zero-order chi connectivity index (χ0) is 10.3. The van der Waals surface area contributed by atoms with Crippen molar-refractivity contribution in [2.75, 3.05) is 12.4 Å². The van der Waals surface area contributed by atoms with Gasteiger partial charge in [0.25, 0.3) is 0 Å². The van der Waals surface area contributed by atoms with E-state index in [9.17, 15) is 0 Å². The monoisotopic (exact) mass is 205 g/mol. The first kappa shape index (κ1) is 9.25. The molecule has 0 aliphatic heterocycles. The first-order chi connectivity index (χ1) is 7.38. The Kier molecular flexibility index (Phi) is 2.19. The van der Waals surface area contributed by atoms with E-state index in [1.54, 1.807) is 0 Å². The van der Waals surface area contributed by atoms with Gasteiger partial charge in [-0.3, -0.25) is 0 Å². The molecule has 82 valence electrons. The number of anilines is 1. The summed E-state index contributed by atoms with van der Waals surface area (Å²) in [5.41, 5.74) is 0. The Hall–Kier alpha value is -0.990. The number of nitrogens with one attached hydrogen (secondary N) is 1. The first-order valence-corrected chi connectivity index (χ1v) is 6.07. The highest BCUT2D eigenvalue weighted by molar-refractivity contribution is 5.24. The van der Waals surface area contributed by atoms with Crippen LogP contribution < -0.4 is 5.32 Å². The van der Waals surface area contributed by atoms with Crippen molar-refractivity contribution in [3.8, 4) is 0 Å². The van der Waals surface area contributed by atoms with Crippen molar-refractivity contribution in [1.82, 2.24) is 9.55 Å². The molecule has 1 N–H and O–H groups in total. The molecule has 0 unspecified atom stereocenters. The van der Waals surface area contributed by atoms with Crippen molar-refractivity contribution in [2.45, 2.75) is 32.2 Å². The maximum atomic E-state index is 4.30. The van der Waals surface area contributed by atoms with Gasteiger partial charge in [0.1, 0.15) is 0 Å². The summed E-state index contributed by atoms with van der Waals surface area (Å²) in [4.78, 5) is 4.30. The molecule has 0 saturated heterocycles. The minimum atomic E-state index is 0.922. The van der Waals surface area contributed by atoms with Crippen LogP contribution in [0.15, 0.2) is 12.4 Å². The molecule has 2 fully saturated rings. The molecule has 1 aromatic heterocycles. The van der Waals surface area contributed by atoms with Gasteiger partial charge in [-0.25, -0.2) is 4.98 Å². The summed E-state index contributed by atoms with van der Waals surface area (Å²) in [5.74, 6) is 3.97. The lowest BCUT2D eigenvalue weighted by Gasteiger charge is -2.17. The second-order valence-electron chi connectivity index (χ2n) is 4.99. The molecular formula is C12H19N3. The smallest absolute Gasteiger partial charge is 0.202 e. The van der Waals surface area contributed by atoms with Gasteiger partial charge in [-0.05, 0) is 43.4 Å². The van der Waals surface area contributed by atoms with Gasteiger partial charge in [0, 0.05) is 26.0 Å². The van der Waals surface area contributed by atoms with Crippen LogP contribution in [-0.2, 0) is 6.54 Å². The van der Waals surface area contributed by atoms with Gasteiger partial charge in [-0.1, -0.05) is 0 Å². The van der Waals surface area contributed by atoms with Crippen LogP contribution in [0.2, 0.25) is 0 Å². The standard InChI is InChI=1S/C12H19N3/c1-13-12-14-6-7-15(12)8-11(9-2-3-9)10-4-5-10/h6-7,9-11H,2-5,8H2,1H3,(H,13,14). The third kappa shape index (κ3) is 1.87. The lowest BCUT2D eigenvalue weighted by atomic mass is 9.98. The molecule has 0 radical (unpaired) electrons. The molecule has 0 amide bonds. The third-order valence-electron chi connectivity index (χ3n) is 3.80. The minimum absolute atomic E-state index is 0.922. The number of hydrogen-bond donors (Lipinski definition) is 1. The number of nitrogens with zero attached hydrogens (tertiary/aromatic N) is 2. The molecule has 0 bridgehead atoms. The van der Waals surface area contributed by atoms with Gasteiger partial charge in [-0.2, -0.15) is 0 Å². The fourth-order valence-electron chi connectivity index (χ4n) is 2.64. The van der Waals surface area contributed by atoms with E-state index >= 15 is 0 Å². The fraction of sp³-hybridized carbons (Fsp3) is 0.750. The van der Waals surface area contributed by atoms with Gasteiger partial charge in [-0.15, -0.1) is 0 Å². The van der Waals surface area contributed by atoms with Crippen molar-refractivity contribution < 1.29 is 0 Å². The molecule has 0 spiro atoms. The molecule has 3 rings (SSSR count). The highest BCUT2D eigenvalue weighted by atomic mass is 15.2. The quantitative estimate of drug-likeness (QED) is 0.799. The Bertz CT molecular complexity index is 324. The molecule has 2 aliphatic carbocycles. The Balaban J connectivity index is 1.71. The topological polar surface area (TPSA) is 29.9 Å². The van der Waals surface area contributed by atoms with E-state index in [0.717, 1.165) is 23.7 Å². The number of imidazole rings is 1. The van der Waals surface area contributed by atoms with E-state index in [1.807, 2.05) is 13.2 Å². The highest BCUT2D eigenvalue weighted by Gasteiger charge is 2.41. The van der Waals surface area contributed by atoms with Gasteiger partial charge in [0.2, 0.25) is 5.95 Å². The molecule has 3 heteroatoms. The lowest BCUT2D eigenvalue weighted by Crippen LogP contribution is -2.16. The van der Waals surface area contributed by atoms with E-state index in [-0.39, 0.29) is 0 Å². The predicted octanol–water partition coefficient (Wildman–Crippen LogP) is 2.36. The molecule has 1 aromatic rings. The zero-order valence-electron chi connectivity index (χ0n) is 9.32. The Labute approximate surface area is 90.9 Å². The molecule has 2 aliphatic rings. The van der Waals surface area contributed by atoms with Crippen molar-refractivity contribution in [2.24, 2.45) is 17.8 Å². The average molecular weight is 205 g/mol. The van der Waals surface area contributed by atoms with Crippen molar-refractivity contribution in [3.05, 3.63) is 12.4 Å². The van der Waals surface area contributed by atoms with Crippen LogP contribution >= 0.6 is 0 Å². The molecule has 3 nitrogen and oxygen atoms in total. The molecule has 1 heterocycles. The summed E-state index contributed by atoms with van der Waals surface area (Å²) in [7, 11) is 1.95. The number of hydrogen-bond acceptors (Lipinski definition) is 2. The minimum Gasteiger partial charge on any atom is -0.359 e. The molecule has 2 saturated carbocycles. The van der Waals surface area contributed by atoms with Crippen LogP contribution in [0.3, 0.4) is 0 Å². The molecule has 0 atom stereocenters. The summed E-state index contributed by atoms with van der Waals surface area (Å²) in [5, 5.41) is 3.15. The second-order valence-corrected chi connectivity index (χ2v) is 4.99. The van der Waals surface area contributed by atoms with E-state index in [4.69, 9.17) is 0 Å². The number of aromatic nitrogens is 2. The zero-order valence-corrected chi connectivity index (χ0v) is 9.32. The van der Waals surface area contributed by atoms with Crippen LogP contribution in [0.25, 0.3) is 0 Å². The van der Waals surface area contributed by atoms with Crippen molar-refractivity contribution in [3.63, 3.8) is 0 Å². The maximum absolute atomic E-state index is 4.30. The van der Waals surface area contributed by atoms with Crippen molar-refractivity contribution in [1.29, 1.82) is 0 Å². The van der Waals surface area contributed by atoms with Crippen LogP contribution in [-0.4, -0.2) is 16.6 Å². The summed E-state index contributed by atoms with van der Waals surface area (Å²) < 4.78 is 2.28. The van der Waals surface area contributed by atoms with Crippen LogP contribution in [0.1, 0.15) is 25.7 Å². The fourth-order valence-corrected chi connectivity index (χ4v) is 2.64. The van der Waals surface area contributed by atoms with Crippen LogP contribution in [0.4, 0.5) is 5.95 Å². The largest absolute Gasteiger partial charge is 0.359 e. The van der Waals surface area contributed by atoms with Gasteiger partial charge in [0.05, 0.1) is 0 Å². The third-order valence-corrected chi connectivity index (χ3v) is 3.80. The van der Waals surface area contributed by atoms with E-state index in [0.29, 0.717) is 0 Å². The van der Waals surface area contributed by atoms with E-state index in [2.05, 4.69) is 21.1 Å². The van der Waals surface area contributed by atoms with Crippen LogP contribution in [0.5, 0.6) is 0 Å². The summed E-state index contributed by atoms with van der Waals surface area (Å²) >= 11 is 0.